The minimum atomic E-state index is -1.14. The van der Waals surface area contributed by atoms with Gasteiger partial charge in [0.1, 0.15) is 11.1 Å². The maximum absolute atomic E-state index is 14.4. The lowest BCUT2D eigenvalue weighted by Gasteiger charge is -2.39. The molecule has 170 valence electrons. The van der Waals surface area contributed by atoms with Crippen LogP contribution in [0.4, 0.5) is 5.69 Å². The largest absolute Gasteiger partial charge is 0.378 e. The first kappa shape index (κ1) is 21.8. The molecular formula is C28H24N2O4. The van der Waals surface area contributed by atoms with Crippen LogP contribution in [0, 0.1) is 15.5 Å². The number of benzene rings is 3. The van der Waals surface area contributed by atoms with Crippen molar-refractivity contribution in [3.63, 3.8) is 0 Å². The molecule has 0 fully saturated rings. The molecule has 1 aliphatic heterocycles. The number of nitro benzene ring substituents is 1. The summed E-state index contributed by atoms with van der Waals surface area (Å²) in [5, 5.41) is 15.7. The third kappa shape index (κ3) is 2.75. The van der Waals surface area contributed by atoms with Crippen molar-refractivity contribution in [3.8, 4) is 0 Å². The second-order valence-corrected chi connectivity index (χ2v) is 8.54. The van der Waals surface area contributed by atoms with Gasteiger partial charge in [0.25, 0.3) is 5.69 Å². The van der Waals surface area contributed by atoms with Gasteiger partial charge in [-0.1, -0.05) is 79.7 Å². The van der Waals surface area contributed by atoms with Gasteiger partial charge >= 0.3 is 0 Å². The van der Waals surface area contributed by atoms with Crippen molar-refractivity contribution in [2.24, 2.45) is 10.6 Å². The first-order valence-corrected chi connectivity index (χ1v) is 11.4. The number of allylic oxidation sites excluding steroid dienone is 1. The summed E-state index contributed by atoms with van der Waals surface area (Å²) in [6.07, 6.45) is 1.01. The standard InChI is InChI=1S/C28H24N2O4/c1-3-23-24(19-11-7-5-8-12-19)28(21-13-9-6-10-14-21)27(4-2,26(23)31)25(29-34-28)20-15-17-22(18-16-20)30(32)33/h5-18H,3-4H2,1-2H3/t27-,28+/m0/s1. The number of hydrogen-bond donors (Lipinski definition) is 0. The van der Waals surface area contributed by atoms with Crippen LogP contribution < -0.4 is 0 Å². The van der Waals surface area contributed by atoms with E-state index in [0.717, 1.165) is 22.3 Å². The van der Waals surface area contributed by atoms with Crippen molar-refractivity contribution in [1.29, 1.82) is 0 Å². The quantitative estimate of drug-likeness (QED) is 0.336. The lowest BCUT2D eigenvalue weighted by Crippen LogP contribution is -2.49. The fourth-order valence-corrected chi connectivity index (χ4v) is 5.60. The van der Waals surface area contributed by atoms with Crippen LogP contribution in [-0.4, -0.2) is 16.4 Å². The molecule has 5 rings (SSSR count). The van der Waals surface area contributed by atoms with Crippen molar-refractivity contribution in [2.45, 2.75) is 32.3 Å². The Hall–Kier alpha value is -4.06. The van der Waals surface area contributed by atoms with Crippen molar-refractivity contribution in [2.75, 3.05) is 0 Å². The number of hydrogen-bond acceptors (Lipinski definition) is 5. The Morgan fingerprint density at radius 1 is 0.882 bits per heavy atom. The Labute approximate surface area is 197 Å². The van der Waals surface area contributed by atoms with E-state index in [0.29, 0.717) is 24.1 Å². The zero-order valence-corrected chi connectivity index (χ0v) is 19.0. The lowest BCUT2D eigenvalue weighted by atomic mass is 9.61. The fourth-order valence-electron chi connectivity index (χ4n) is 5.60. The molecule has 0 amide bonds. The van der Waals surface area contributed by atoms with Gasteiger partial charge in [-0.3, -0.25) is 14.9 Å². The summed E-state index contributed by atoms with van der Waals surface area (Å²) in [5.74, 6) is -0.00481. The number of Topliss-reactive ketones (excluding diaryl/α,β-unsaturated/α-hetero) is 1. The first-order valence-electron chi connectivity index (χ1n) is 11.4. The zero-order chi connectivity index (χ0) is 23.9. The van der Waals surface area contributed by atoms with Crippen LogP contribution >= 0.6 is 0 Å². The number of nitrogens with zero attached hydrogens (tertiary/aromatic N) is 2. The molecule has 1 aliphatic carbocycles. The monoisotopic (exact) mass is 452 g/mol. The van der Waals surface area contributed by atoms with E-state index in [4.69, 9.17) is 4.84 Å². The third-order valence-corrected chi connectivity index (χ3v) is 7.07. The van der Waals surface area contributed by atoms with Gasteiger partial charge < -0.3 is 4.84 Å². The van der Waals surface area contributed by atoms with Crippen molar-refractivity contribution >= 4 is 22.8 Å². The van der Waals surface area contributed by atoms with Gasteiger partial charge in [-0.15, -0.1) is 0 Å². The molecule has 0 saturated heterocycles. The van der Waals surface area contributed by atoms with Gasteiger partial charge in [0.15, 0.2) is 5.78 Å². The number of oxime groups is 1. The highest BCUT2D eigenvalue weighted by Crippen LogP contribution is 2.65. The van der Waals surface area contributed by atoms with E-state index in [1.165, 1.54) is 12.1 Å². The van der Waals surface area contributed by atoms with Crippen LogP contribution in [0.25, 0.3) is 5.57 Å². The number of carbonyl (C=O) groups excluding carboxylic acids is 1. The molecule has 2 atom stereocenters. The predicted molar refractivity (Wildman–Crippen MR) is 130 cm³/mol. The summed E-state index contributed by atoms with van der Waals surface area (Å²) in [6.45, 7) is 3.97. The van der Waals surface area contributed by atoms with E-state index in [1.807, 2.05) is 74.5 Å². The molecule has 6 heteroatoms. The molecule has 0 bridgehead atoms. The van der Waals surface area contributed by atoms with Crippen molar-refractivity contribution in [1.82, 2.24) is 0 Å². The first-order chi connectivity index (χ1) is 16.5. The molecule has 1 heterocycles. The van der Waals surface area contributed by atoms with E-state index in [2.05, 4.69) is 5.16 Å². The molecule has 0 spiro atoms. The number of carbonyl (C=O) groups is 1. The predicted octanol–water partition coefficient (Wildman–Crippen LogP) is 6.07. The molecule has 0 unspecified atom stereocenters. The summed E-state index contributed by atoms with van der Waals surface area (Å²) >= 11 is 0. The number of fused-ring (bicyclic) bond motifs is 1. The average molecular weight is 453 g/mol. The summed E-state index contributed by atoms with van der Waals surface area (Å²) in [5.41, 5.74) is 2.25. The van der Waals surface area contributed by atoms with E-state index < -0.39 is 15.9 Å². The zero-order valence-electron chi connectivity index (χ0n) is 19.0. The van der Waals surface area contributed by atoms with Crippen LogP contribution in [0.3, 0.4) is 0 Å². The SMILES string of the molecule is CCC1=C(c2ccccc2)[C@@]2(c3ccccc3)ON=C(c3ccc([N+](=O)[O-])cc3)[C@@]2(CC)C1=O. The smallest absolute Gasteiger partial charge is 0.269 e. The minimum absolute atomic E-state index is 0.00481. The summed E-state index contributed by atoms with van der Waals surface area (Å²) in [4.78, 5) is 31.6. The molecule has 34 heavy (non-hydrogen) atoms. The molecule has 0 N–H and O–H groups in total. The van der Waals surface area contributed by atoms with Crippen LogP contribution in [0.1, 0.15) is 43.4 Å². The second kappa shape index (κ2) is 8.06. The highest BCUT2D eigenvalue weighted by molar-refractivity contribution is 6.30. The topological polar surface area (TPSA) is 81.8 Å². The highest BCUT2D eigenvalue weighted by atomic mass is 16.7. The Morgan fingerprint density at radius 2 is 1.50 bits per heavy atom. The summed E-state index contributed by atoms with van der Waals surface area (Å²) < 4.78 is 0. The van der Waals surface area contributed by atoms with Crippen LogP contribution in [0.15, 0.2) is 95.7 Å². The highest BCUT2D eigenvalue weighted by Gasteiger charge is 2.72. The second-order valence-electron chi connectivity index (χ2n) is 8.54. The van der Waals surface area contributed by atoms with Gasteiger partial charge in [-0.25, -0.2) is 0 Å². The van der Waals surface area contributed by atoms with Gasteiger partial charge in [0.2, 0.25) is 5.60 Å². The molecule has 2 aliphatic rings. The fraction of sp³-hybridized carbons (Fsp3) is 0.214. The number of nitro groups is 1. The Balaban J connectivity index is 1.80. The van der Waals surface area contributed by atoms with Crippen molar-refractivity contribution in [3.05, 3.63) is 117 Å². The number of non-ortho nitro benzene ring substituents is 1. The van der Waals surface area contributed by atoms with Gasteiger partial charge in [-0.05, 0) is 30.5 Å². The Bertz CT molecular complexity index is 1330. The molecule has 0 radical (unpaired) electrons. The van der Waals surface area contributed by atoms with E-state index >= 15 is 0 Å². The third-order valence-electron chi connectivity index (χ3n) is 7.07. The summed E-state index contributed by atoms with van der Waals surface area (Å²) in [6, 6.07) is 25.8. The van der Waals surface area contributed by atoms with Crippen LogP contribution in [-0.2, 0) is 15.2 Å². The molecule has 0 aromatic heterocycles. The van der Waals surface area contributed by atoms with E-state index in [9.17, 15) is 14.9 Å². The number of ketones is 1. The molecule has 3 aromatic carbocycles. The maximum atomic E-state index is 14.4. The minimum Gasteiger partial charge on any atom is -0.378 e. The lowest BCUT2D eigenvalue weighted by molar-refractivity contribution is -0.384. The van der Waals surface area contributed by atoms with Crippen molar-refractivity contribution < 1.29 is 14.6 Å². The summed E-state index contributed by atoms with van der Waals surface area (Å²) in [7, 11) is 0. The average Bonchev–Trinajstić information content (AvgIpc) is 3.34. The molecule has 0 saturated carbocycles. The van der Waals surface area contributed by atoms with Crippen LogP contribution in [0.2, 0.25) is 0 Å². The Kier molecular flexibility index (Phi) is 5.16. The Morgan fingerprint density at radius 3 is 2.06 bits per heavy atom. The van der Waals surface area contributed by atoms with Crippen LogP contribution in [0.5, 0.6) is 0 Å². The van der Waals surface area contributed by atoms with Gasteiger partial charge in [0, 0.05) is 34.4 Å². The van der Waals surface area contributed by atoms with E-state index in [1.54, 1.807) is 12.1 Å². The number of rotatable bonds is 6. The van der Waals surface area contributed by atoms with Gasteiger partial charge in [0.05, 0.1) is 4.92 Å². The normalized spacial score (nSPS) is 23.5. The molecule has 3 aromatic rings. The maximum Gasteiger partial charge on any atom is 0.269 e. The van der Waals surface area contributed by atoms with Gasteiger partial charge in [-0.2, -0.15) is 0 Å². The molecular weight excluding hydrogens is 428 g/mol. The van der Waals surface area contributed by atoms with E-state index in [-0.39, 0.29) is 11.5 Å². The molecule has 6 nitrogen and oxygen atoms in total.